The summed E-state index contributed by atoms with van der Waals surface area (Å²) in [5.41, 5.74) is 0. The van der Waals surface area contributed by atoms with Crippen molar-refractivity contribution in [1.82, 2.24) is 4.90 Å². The molecule has 114 valence electrons. The van der Waals surface area contributed by atoms with Crippen LogP contribution in [0.15, 0.2) is 0 Å². The number of hydrogen-bond donors (Lipinski definition) is 1. The summed E-state index contributed by atoms with van der Waals surface area (Å²) in [5.74, 6) is -0.601. The van der Waals surface area contributed by atoms with E-state index in [0.29, 0.717) is 25.4 Å². The van der Waals surface area contributed by atoms with Crippen LogP contribution < -0.4 is 0 Å². The van der Waals surface area contributed by atoms with Gasteiger partial charge in [0.1, 0.15) is 6.61 Å². The Kier molecular flexibility index (Phi) is 5.40. The molecule has 5 heteroatoms. The van der Waals surface area contributed by atoms with Crippen LogP contribution in [0.3, 0.4) is 0 Å². The second-order valence-corrected chi connectivity index (χ2v) is 6.22. The van der Waals surface area contributed by atoms with Crippen molar-refractivity contribution in [2.45, 2.75) is 51.6 Å². The molecule has 0 bridgehead atoms. The highest BCUT2D eigenvalue weighted by Gasteiger charge is 2.28. The van der Waals surface area contributed by atoms with E-state index in [1.54, 1.807) is 4.90 Å². The van der Waals surface area contributed by atoms with Crippen LogP contribution in [0.25, 0.3) is 0 Å². The molecule has 0 aromatic heterocycles. The summed E-state index contributed by atoms with van der Waals surface area (Å²) in [5, 5.41) is 9.03. The largest absolute Gasteiger partial charge is 0.481 e. The van der Waals surface area contributed by atoms with E-state index in [-0.39, 0.29) is 18.6 Å². The Balaban J connectivity index is 1.75. The SMILES string of the molecule is C[C@@H]1CCC[C@H](OCC(=O)N2CCC[C@H](C(=O)O)C2)C1. The highest BCUT2D eigenvalue weighted by Crippen LogP contribution is 2.25. The Hall–Kier alpha value is -1.10. The lowest BCUT2D eigenvalue weighted by molar-refractivity contribution is -0.148. The summed E-state index contributed by atoms with van der Waals surface area (Å²) in [6, 6.07) is 0. The summed E-state index contributed by atoms with van der Waals surface area (Å²) in [4.78, 5) is 24.7. The van der Waals surface area contributed by atoms with Crippen LogP contribution in [0.1, 0.15) is 45.4 Å². The van der Waals surface area contributed by atoms with Crippen molar-refractivity contribution in [3.05, 3.63) is 0 Å². The van der Waals surface area contributed by atoms with Gasteiger partial charge in [0.05, 0.1) is 12.0 Å². The summed E-state index contributed by atoms with van der Waals surface area (Å²) in [6.07, 6.45) is 6.12. The number of carbonyl (C=O) groups is 2. The van der Waals surface area contributed by atoms with Gasteiger partial charge in [0.2, 0.25) is 5.91 Å². The first-order chi connectivity index (χ1) is 9.56. The van der Waals surface area contributed by atoms with E-state index in [2.05, 4.69) is 6.92 Å². The molecule has 1 heterocycles. The van der Waals surface area contributed by atoms with Crippen LogP contribution in [0, 0.1) is 11.8 Å². The number of hydrogen-bond acceptors (Lipinski definition) is 3. The highest BCUT2D eigenvalue weighted by molar-refractivity contribution is 5.79. The number of nitrogens with zero attached hydrogens (tertiary/aromatic N) is 1. The third kappa shape index (κ3) is 4.20. The quantitative estimate of drug-likeness (QED) is 0.855. The van der Waals surface area contributed by atoms with Gasteiger partial charge in [-0.05, 0) is 31.6 Å². The van der Waals surface area contributed by atoms with Crippen molar-refractivity contribution >= 4 is 11.9 Å². The van der Waals surface area contributed by atoms with E-state index in [0.717, 1.165) is 19.3 Å². The topological polar surface area (TPSA) is 66.8 Å². The van der Waals surface area contributed by atoms with Gasteiger partial charge in [-0.15, -0.1) is 0 Å². The lowest BCUT2D eigenvalue weighted by atomic mass is 9.89. The first-order valence-electron chi connectivity index (χ1n) is 7.68. The van der Waals surface area contributed by atoms with Crippen LogP contribution in [0.5, 0.6) is 0 Å². The van der Waals surface area contributed by atoms with E-state index < -0.39 is 11.9 Å². The van der Waals surface area contributed by atoms with Gasteiger partial charge in [0.25, 0.3) is 0 Å². The lowest BCUT2D eigenvalue weighted by Crippen LogP contribution is -2.44. The molecule has 1 aliphatic carbocycles. The van der Waals surface area contributed by atoms with Gasteiger partial charge in [0, 0.05) is 13.1 Å². The summed E-state index contributed by atoms with van der Waals surface area (Å²) in [6.45, 7) is 3.31. The predicted molar refractivity (Wildman–Crippen MR) is 74.3 cm³/mol. The van der Waals surface area contributed by atoms with Crippen molar-refractivity contribution in [2.75, 3.05) is 19.7 Å². The minimum Gasteiger partial charge on any atom is -0.481 e. The Morgan fingerprint density at radius 1 is 1.25 bits per heavy atom. The molecule has 1 N–H and O–H groups in total. The van der Waals surface area contributed by atoms with E-state index in [1.165, 1.54) is 12.8 Å². The maximum atomic E-state index is 12.1. The number of amides is 1. The number of carboxylic acids is 1. The minimum atomic E-state index is -0.801. The van der Waals surface area contributed by atoms with Crippen LogP contribution in [0.4, 0.5) is 0 Å². The minimum absolute atomic E-state index is 0.0609. The zero-order chi connectivity index (χ0) is 14.5. The molecule has 2 aliphatic rings. The summed E-state index contributed by atoms with van der Waals surface area (Å²) in [7, 11) is 0. The van der Waals surface area contributed by atoms with Gasteiger partial charge < -0.3 is 14.7 Å². The third-order valence-corrected chi connectivity index (χ3v) is 4.45. The second-order valence-electron chi connectivity index (χ2n) is 6.22. The molecule has 0 aromatic rings. The molecule has 2 rings (SSSR count). The average molecular weight is 283 g/mol. The first-order valence-corrected chi connectivity index (χ1v) is 7.68. The number of ether oxygens (including phenoxy) is 1. The number of carbonyl (C=O) groups excluding carboxylic acids is 1. The van der Waals surface area contributed by atoms with Crippen molar-refractivity contribution < 1.29 is 19.4 Å². The van der Waals surface area contributed by atoms with Gasteiger partial charge in [-0.25, -0.2) is 0 Å². The fourth-order valence-corrected chi connectivity index (χ4v) is 3.22. The summed E-state index contributed by atoms with van der Waals surface area (Å²) < 4.78 is 5.73. The molecule has 1 amide bonds. The molecular weight excluding hydrogens is 258 g/mol. The lowest BCUT2D eigenvalue weighted by Gasteiger charge is -2.32. The zero-order valence-electron chi connectivity index (χ0n) is 12.2. The Bertz CT molecular complexity index is 358. The van der Waals surface area contributed by atoms with E-state index in [4.69, 9.17) is 9.84 Å². The standard InChI is InChI=1S/C15H25NO4/c1-11-4-2-6-13(8-11)20-10-14(17)16-7-3-5-12(9-16)15(18)19/h11-13H,2-10H2,1H3,(H,18,19)/t11-,12+,13+/m1/s1. The van der Waals surface area contributed by atoms with Gasteiger partial charge in [-0.3, -0.25) is 9.59 Å². The van der Waals surface area contributed by atoms with Crippen LogP contribution >= 0.6 is 0 Å². The fourth-order valence-electron chi connectivity index (χ4n) is 3.22. The molecule has 0 unspecified atom stereocenters. The van der Waals surface area contributed by atoms with Gasteiger partial charge in [-0.1, -0.05) is 19.8 Å². The highest BCUT2D eigenvalue weighted by atomic mass is 16.5. The van der Waals surface area contributed by atoms with Crippen molar-refractivity contribution in [3.8, 4) is 0 Å². The predicted octanol–water partition coefficient (Wildman–Crippen LogP) is 1.90. The van der Waals surface area contributed by atoms with Crippen molar-refractivity contribution in [2.24, 2.45) is 11.8 Å². The Labute approximate surface area is 120 Å². The maximum Gasteiger partial charge on any atom is 0.308 e. The number of rotatable bonds is 4. The molecule has 0 radical (unpaired) electrons. The van der Waals surface area contributed by atoms with Crippen molar-refractivity contribution in [3.63, 3.8) is 0 Å². The molecule has 0 spiro atoms. The monoisotopic (exact) mass is 283 g/mol. The second kappa shape index (κ2) is 7.07. The first kappa shape index (κ1) is 15.3. The Morgan fingerprint density at radius 2 is 2.05 bits per heavy atom. The van der Waals surface area contributed by atoms with Crippen LogP contribution in [-0.2, 0) is 14.3 Å². The normalized spacial score (nSPS) is 31.1. The molecule has 1 saturated heterocycles. The Morgan fingerprint density at radius 3 is 2.75 bits per heavy atom. The van der Waals surface area contributed by atoms with Crippen LogP contribution in [0.2, 0.25) is 0 Å². The van der Waals surface area contributed by atoms with E-state index in [9.17, 15) is 9.59 Å². The average Bonchev–Trinajstić information content (AvgIpc) is 2.45. The maximum absolute atomic E-state index is 12.1. The van der Waals surface area contributed by atoms with Crippen LogP contribution in [-0.4, -0.2) is 47.7 Å². The molecule has 20 heavy (non-hydrogen) atoms. The number of piperidine rings is 1. The molecule has 0 aromatic carbocycles. The van der Waals surface area contributed by atoms with Gasteiger partial charge >= 0.3 is 5.97 Å². The summed E-state index contributed by atoms with van der Waals surface area (Å²) >= 11 is 0. The molecular formula is C15H25NO4. The molecule has 3 atom stereocenters. The zero-order valence-corrected chi connectivity index (χ0v) is 12.2. The van der Waals surface area contributed by atoms with E-state index >= 15 is 0 Å². The molecule has 5 nitrogen and oxygen atoms in total. The number of aliphatic carboxylic acids is 1. The van der Waals surface area contributed by atoms with Gasteiger partial charge in [0.15, 0.2) is 0 Å². The van der Waals surface area contributed by atoms with Gasteiger partial charge in [-0.2, -0.15) is 0 Å². The number of carboxylic acid groups (broad SMARTS) is 1. The molecule has 1 aliphatic heterocycles. The van der Waals surface area contributed by atoms with Crippen molar-refractivity contribution in [1.29, 1.82) is 0 Å². The molecule has 1 saturated carbocycles. The third-order valence-electron chi connectivity index (χ3n) is 4.45. The smallest absolute Gasteiger partial charge is 0.308 e. The number of likely N-dealkylation sites (tertiary alicyclic amines) is 1. The molecule has 2 fully saturated rings. The van der Waals surface area contributed by atoms with E-state index in [1.807, 2.05) is 0 Å². The fraction of sp³-hybridized carbons (Fsp3) is 0.867.